The highest BCUT2D eigenvalue weighted by Gasteiger charge is 2.38. The minimum absolute atomic E-state index is 0.0308. The van der Waals surface area contributed by atoms with Crippen LogP contribution in [0.2, 0.25) is 0 Å². The maximum Gasteiger partial charge on any atom is 0.238 e. The van der Waals surface area contributed by atoms with E-state index >= 15 is 0 Å². The van der Waals surface area contributed by atoms with Crippen molar-refractivity contribution in [3.63, 3.8) is 0 Å². The van der Waals surface area contributed by atoms with Gasteiger partial charge in [-0.25, -0.2) is 4.98 Å². The molecule has 1 aliphatic carbocycles. The fraction of sp³-hybridized carbons (Fsp3) is 0.0625. The molecule has 11 aromatic rings. The van der Waals surface area contributed by atoms with Crippen LogP contribution in [0.25, 0.3) is 106 Å². The minimum atomic E-state index is -3.72. The zero-order valence-corrected chi connectivity index (χ0v) is 27.7. The maximum absolute atomic E-state index is 9.63. The van der Waals surface area contributed by atoms with Gasteiger partial charge in [0.2, 0.25) is 5.95 Å². The van der Waals surface area contributed by atoms with Crippen molar-refractivity contribution in [1.82, 2.24) is 19.5 Å². The van der Waals surface area contributed by atoms with Crippen molar-refractivity contribution in [2.75, 3.05) is 0 Å². The normalized spacial score (nSPS) is 18.2. The second kappa shape index (κ2) is 10.5. The molecule has 0 radical (unpaired) electrons. The van der Waals surface area contributed by atoms with E-state index in [0.29, 0.717) is 44.2 Å². The van der Waals surface area contributed by atoms with Crippen molar-refractivity contribution >= 4 is 65.7 Å². The van der Waals surface area contributed by atoms with Crippen LogP contribution in [-0.4, -0.2) is 19.5 Å². The van der Waals surface area contributed by atoms with Gasteiger partial charge in [-0.1, -0.05) is 117 Å². The summed E-state index contributed by atoms with van der Waals surface area (Å²) in [6, 6.07) is 16.9. The third-order valence-corrected chi connectivity index (χ3v) is 10.2. The predicted octanol–water partition coefficient (Wildman–Crippen LogP) is 12.4. The zero-order chi connectivity index (χ0) is 49.4. The first-order valence-electron chi connectivity index (χ1n) is 25.0. The highest BCUT2D eigenvalue weighted by atomic mass is 16.3. The molecule has 0 bridgehead atoms. The van der Waals surface area contributed by atoms with Gasteiger partial charge >= 0.3 is 0 Å². The lowest BCUT2D eigenvalue weighted by Crippen LogP contribution is -2.17. The Bertz CT molecular complexity index is 4180. The number of fused-ring (bicyclic) bond motifs is 13. The third-order valence-electron chi connectivity index (χ3n) is 10.2. The van der Waals surface area contributed by atoms with Crippen molar-refractivity contribution < 1.29 is 30.8 Å². The number of furan rings is 2. The van der Waals surface area contributed by atoms with Crippen LogP contribution in [0.5, 0.6) is 0 Å². The van der Waals surface area contributed by atoms with Crippen LogP contribution in [0.1, 0.15) is 46.8 Å². The predicted molar refractivity (Wildman–Crippen MR) is 217 cm³/mol. The van der Waals surface area contributed by atoms with Crippen molar-refractivity contribution in [3.05, 3.63) is 156 Å². The first-order chi connectivity index (χ1) is 33.2. The van der Waals surface area contributed by atoms with Gasteiger partial charge in [0.05, 0.1) is 30.3 Å². The van der Waals surface area contributed by atoms with Crippen LogP contribution in [0.3, 0.4) is 0 Å². The maximum atomic E-state index is 9.63. The molecule has 0 saturated heterocycles. The van der Waals surface area contributed by atoms with E-state index < -0.39 is 130 Å². The van der Waals surface area contributed by atoms with E-state index in [4.69, 9.17) is 30.6 Å². The summed E-state index contributed by atoms with van der Waals surface area (Å²) in [5.74, 6) is -0.537. The lowest BCUT2D eigenvalue weighted by atomic mass is 9.81. The molecule has 0 atom stereocenters. The van der Waals surface area contributed by atoms with Crippen LogP contribution >= 0.6 is 0 Å². The fourth-order valence-corrected chi connectivity index (χ4v) is 7.82. The molecule has 54 heavy (non-hydrogen) atoms. The Labute approximate surface area is 331 Å². The Hall–Kier alpha value is -7.05. The summed E-state index contributed by atoms with van der Waals surface area (Å²) in [5, 5.41) is 2.03. The number of hydrogen-bond donors (Lipinski definition) is 0. The van der Waals surface area contributed by atoms with Crippen molar-refractivity contribution in [1.29, 1.82) is 0 Å². The Kier molecular flexibility index (Phi) is 3.53. The molecule has 0 aliphatic heterocycles. The van der Waals surface area contributed by atoms with E-state index in [-0.39, 0.29) is 11.6 Å². The number of para-hydroxylation sites is 4. The van der Waals surface area contributed by atoms with Gasteiger partial charge < -0.3 is 8.83 Å². The zero-order valence-electron chi connectivity index (χ0n) is 43.7. The molecule has 0 amide bonds. The molecule has 6 heteroatoms. The summed E-state index contributed by atoms with van der Waals surface area (Å²) < 4.78 is 160. The Morgan fingerprint density at radius 2 is 1.31 bits per heavy atom. The SMILES string of the molecule is [2H]c1c([2H])c([2H])c2c(c1[2H])-c1c([2H])c([2H])c3c4c([2H])c([2H])c([2H])c([2H])c4n(-c4nc(-c5ccc6oc7ccccc7c6c5)nc(-c5cccc6c5oc5ccccc56)n4)c3c1C2(C([2H])([2H])[2H])C([2H])([2H])[2H]. The highest BCUT2D eigenvalue weighted by Crippen LogP contribution is 2.53. The Morgan fingerprint density at radius 3 is 2.20 bits per heavy atom. The molecule has 7 aromatic carbocycles. The number of nitrogens with zero attached hydrogens (tertiary/aromatic N) is 4. The minimum Gasteiger partial charge on any atom is -0.456 e. The van der Waals surface area contributed by atoms with Gasteiger partial charge in [0.25, 0.3) is 0 Å². The molecule has 1 aliphatic rings. The first-order valence-corrected chi connectivity index (χ1v) is 17.0. The second-order valence-electron chi connectivity index (χ2n) is 13.2. The monoisotopic (exact) mass is 710 g/mol. The molecule has 0 unspecified atom stereocenters. The molecular weight excluding hydrogens is 665 g/mol. The van der Waals surface area contributed by atoms with Gasteiger partial charge in [0.15, 0.2) is 11.6 Å². The summed E-state index contributed by atoms with van der Waals surface area (Å²) in [6.45, 7) is -7.44. The van der Waals surface area contributed by atoms with E-state index in [1.807, 2.05) is 48.5 Å². The van der Waals surface area contributed by atoms with Gasteiger partial charge in [0.1, 0.15) is 22.3 Å². The molecule has 0 spiro atoms. The summed E-state index contributed by atoms with van der Waals surface area (Å²) in [6.07, 6.45) is 0. The van der Waals surface area contributed by atoms with E-state index in [1.54, 1.807) is 36.4 Å². The third kappa shape index (κ3) is 3.91. The first kappa shape index (κ1) is 18.1. The standard InChI is InChI=1S/C48H30N4O2/c1-48(2)37-18-7-3-12-28(37)32-23-24-33-29-13-4-8-19-38(29)52(43(33)42(32)48)47-50-45(27-22-25-41-36(26-27)31-15-6-9-20-39(31)53-41)49-46(51-47)35-17-11-16-34-30-14-5-10-21-40(30)54-44(34)35/h3-26H,1-2H3/i1D3,2D3,3D,4D,7D,8D,12D,13D,18D,19D,23D,24D. The molecule has 254 valence electrons. The van der Waals surface area contributed by atoms with Gasteiger partial charge in [-0.15, -0.1) is 0 Å². The molecule has 4 heterocycles. The van der Waals surface area contributed by atoms with Crippen LogP contribution in [-0.2, 0) is 5.41 Å². The van der Waals surface area contributed by atoms with Crippen LogP contribution < -0.4 is 0 Å². The summed E-state index contributed by atoms with van der Waals surface area (Å²) in [7, 11) is 0. The largest absolute Gasteiger partial charge is 0.456 e. The summed E-state index contributed by atoms with van der Waals surface area (Å²) >= 11 is 0. The second-order valence-corrected chi connectivity index (χ2v) is 13.2. The van der Waals surface area contributed by atoms with Gasteiger partial charge in [-0.2, -0.15) is 9.97 Å². The van der Waals surface area contributed by atoms with Crippen molar-refractivity contribution in [2.45, 2.75) is 19.1 Å². The van der Waals surface area contributed by atoms with E-state index in [1.165, 1.54) is 0 Å². The van der Waals surface area contributed by atoms with Crippen molar-refractivity contribution in [2.24, 2.45) is 0 Å². The van der Waals surface area contributed by atoms with Crippen LogP contribution in [0.15, 0.2) is 154 Å². The van der Waals surface area contributed by atoms with E-state index in [2.05, 4.69) is 0 Å². The Morgan fingerprint density at radius 1 is 0.574 bits per heavy atom. The van der Waals surface area contributed by atoms with Gasteiger partial charge in [-0.05, 0) is 64.7 Å². The molecule has 12 rings (SSSR count). The smallest absolute Gasteiger partial charge is 0.238 e. The number of benzene rings is 7. The fourth-order valence-electron chi connectivity index (χ4n) is 7.82. The molecule has 6 nitrogen and oxygen atoms in total. The topological polar surface area (TPSA) is 69.9 Å². The van der Waals surface area contributed by atoms with Crippen LogP contribution in [0.4, 0.5) is 0 Å². The highest BCUT2D eigenvalue weighted by molar-refractivity contribution is 6.13. The number of rotatable bonds is 3. The van der Waals surface area contributed by atoms with Crippen LogP contribution in [0, 0.1) is 0 Å². The van der Waals surface area contributed by atoms with E-state index in [0.717, 1.165) is 15.3 Å². The lowest BCUT2D eigenvalue weighted by molar-refractivity contribution is 0.663. The average Bonchev–Trinajstić information content (AvgIpc) is 4.09. The summed E-state index contributed by atoms with van der Waals surface area (Å²) in [4.78, 5) is 14.9. The lowest BCUT2D eigenvalue weighted by Gasteiger charge is -2.23. The van der Waals surface area contributed by atoms with Crippen molar-refractivity contribution in [3.8, 4) is 39.9 Å². The number of hydrogen-bond acceptors (Lipinski definition) is 5. The Balaban J connectivity index is 1.32. The molecule has 4 aromatic heterocycles. The molecular formula is C48H30N4O2. The molecule has 0 fully saturated rings. The van der Waals surface area contributed by atoms with Gasteiger partial charge in [-0.3, -0.25) is 4.57 Å². The van der Waals surface area contributed by atoms with Gasteiger partial charge in [0, 0.05) is 51.5 Å². The average molecular weight is 711 g/mol. The van der Waals surface area contributed by atoms with E-state index in [9.17, 15) is 15.1 Å². The number of aromatic nitrogens is 4. The molecule has 0 N–H and O–H groups in total. The summed E-state index contributed by atoms with van der Waals surface area (Å²) in [5.41, 5.74) is -4.47. The quantitative estimate of drug-likeness (QED) is 0.183. The molecule has 0 saturated carbocycles.